The summed E-state index contributed by atoms with van der Waals surface area (Å²) < 4.78 is 4.98. The van der Waals surface area contributed by atoms with Crippen LogP contribution in [0.2, 0.25) is 0 Å². The lowest BCUT2D eigenvalue weighted by atomic mass is 10.4. The van der Waals surface area contributed by atoms with E-state index in [4.69, 9.17) is 4.74 Å². The van der Waals surface area contributed by atoms with Crippen molar-refractivity contribution in [1.82, 2.24) is 15.2 Å². The van der Waals surface area contributed by atoms with Gasteiger partial charge in [-0.1, -0.05) is 0 Å². The molecule has 0 bridgehead atoms. The number of likely N-dealkylation sites (N-methyl/N-ethyl adjacent to an activating group) is 1. The van der Waals surface area contributed by atoms with E-state index < -0.39 is 0 Å². The van der Waals surface area contributed by atoms with Crippen molar-refractivity contribution in [2.24, 2.45) is 0 Å². The minimum Gasteiger partial charge on any atom is -0.383 e. The second-order valence-electron chi connectivity index (χ2n) is 4.23. The molecule has 1 heterocycles. The van der Waals surface area contributed by atoms with E-state index in [1.54, 1.807) is 18.4 Å². The molecule has 0 saturated heterocycles. The number of aromatic nitrogens is 1. The Labute approximate surface area is 108 Å². The van der Waals surface area contributed by atoms with Crippen LogP contribution in [0.4, 0.5) is 0 Å². The van der Waals surface area contributed by atoms with Crippen LogP contribution in [0.15, 0.2) is 0 Å². The molecule has 1 N–H and O–H groups in total. The van der Waals surface area contributed by atoms with E-state index in [2.05, 4.69) is 36.1 Å². The highest BCUT2D eigenvalue weighted by atomic mass is 32.1. The van der Waals surface area contributed by atoms with Gasteiger partial charge in [-0.15, -0.1) is 11.3 Å². The molecule has 0 saturated carbocycles. The van der Waals surface area contributed by atoms with Gasteiger partial charge in [0.2, 0.25) is 0 Å². The van der Waals surface area contributed by atoms with Crippen LogP contribution in [0.5, 0.6) is 0 Å². The lowest BCUT2D eigenvalue weighted by molar-refractivity contribution is 0.197. The van der Waals surface area contributed by atoms with Gasteiger partial charge in [0.15, 0.2) is 0 Å². The molecule has 1 rings (SSSR count). The summed E-state index contributed by atoms with van der Waals surface area (Å²) in [7, 11) is 3.85. The number of thiazole rings is 1. The van der Waals surface area contributed by atoms with Crippen molar-refractivity contribution >= 4 is 11.3 Å². The predicted molar refractivity (Wildman–Crippen MR) is 72.7 cm³/mol. The first kappa shape index (κ1) is 14.6. The Balaban J connectivity index is 2.18. The molecule has 0 aliphatic rings. The number of hydrogen-bond donors (Lipinski definition) is 1. The molecule has 0 aromatic carbocycles. The Bertz CT molecular complexity index is 308. The van der Waals surface area contributed by atoms with Gasteiger partial charge in [0.05, 0.1) is 18.8 Å². The molecule has 0 atom stereocenters. The summed E-state index contributed by atoms with van der Waals surface area (Å²) in [5.41, 5.74) is 1.16. The van der Waals surface area contributed by atoms with Crippen molar-refractivity contribution < 1.29 is 4.74 Å². The molecule has 1 aromatic heterocycles. The normalized spacial score (nSPS) is 11.4. The first-order valence-electron chi connectivity index (χ1n) is 5.94. The molecule has 0 aliphatic heterocycles. The lowest BCUT2D eigenvalue weighted by Crippen LogP contribution is -2.30. The van der Waals surface area contributed by atoms with Crippen molar-refractivity contribution in [2.75, 3.05) is 40.4 Å². The molecule has 0 amide bonds. The second kappa shape index (κ2) is 7.76. The van der Waals surface area contributed by atoms with Gasteiger partial charge in [0.1, 0.15) is 5.01 Å². The third-order valence-corrected chi connectivity index (χ3v) is 3.69. The highest BCUT2D eigenvalue weighted by Crippen LogP contribution is 2.17. The quantitative estimate of drug-likeness (QED) is 0.715. The van der Waals surface area contributed by atoms with Crippen LogP contribution < -0.4 is 5.32 Å². The van der Waals surface area contributed by atoms with E-state index in [0.29, 0.717) is 0 Å². The Morgan fingerprint density at radius 2 is 2.12 bits per heavy atom. The number of rotatable bonds is 8. The van der Waals surface area contributed by atoms with Gasteiger partial charge in [-0.3, -0.25) is 4.90 Å². The molecule has 5 heteroatoms. The summed E-state index contributed by atoms with van der Waals surface area (Å²) in [6.07, 6.45) is 0. The summed E-state index contributed by atoms with van der Waals surface area (Å²) in [6.45, 7) is 8.84. The van der Waals surface area contributed by atoms with Crippen molar-refractivity contribution in [1.29, 1.82) is 0 Å². The topological polar surface area (TPSA) is 37.4 Å². The van der Waals surface area contributed by atoms with Crippen LogP contribution in [0.25, 0.3) is 0 Å². The molecule has 0 unspecified atom stereocenters. The van der Waals surface area contributed by atoms with Crippen molar-refractivity contribution in [3.05, 3.63) is 15.6 Å². The molecule has 0 aliphatic carbocycles. The van der Waals surface area contributed by atoms with Crippen LogP contribution in [-0.2, 0) is 11.3 Å². The van der Waals surface area contributed by atoms with Gasteiger partial charge in [-0.05, 0) is 20.9 Å². The van der Waals surface area contributed by atoms with Gasteiger partial charge >= 0.3 is 0 Å². The first-order valence-corrected chi connectivity index (χ1v) is 6.76. The highest BCUT2D eigenvalue weighted by molar-refractivity contribution is 7.11. The molecule has 17 heavy (non-hydrogen) atoms. The van der Waals surface area contributed by atoms with Crippen LogP contribution >= 0.6 is 11.3 Å². The maximum Gasteiger partial charge on any atom is 0.107 e. The zero-order valence-corrected chi connectivity index (χ0v) is 12.1. The third kappa shape index (κ3) is 5.59. The highest BCUT2D eigenvalue weighted by Gasteiger charge is 2.06. The summed E-state index contributed by atoms with van der Waals surface area (Å²) in [4.78, 5) is 8.16. The maximum atomic E-state index is 4.98. The zero-order chi connectivity index (χ0) is 12.7. The van der Waals surface area contributed by atoms with E-state index in [-0.39, 0.29) is 0 Å². The fourth-order valence-corrected chi connectivity index (χ4v) is 2.50. The van der Waals surface area contributed by atoms with Gasteiger partial charge in [-0.25, -0.2) is 4.98 Å². The Morgan fingerprint density at radius 1 is 1.35 bits per heavy atom. The summed E-state index contributed by atoms with van der Waals surface area (Å²) in [5, 5.41) is 4.54. The van der Waals surface area contributed by atoms with Gasteiger partial charge in [0.25, 0.3) is 0 Å². The Kier molecular flexibility index (Phi) is 6.65. The lowest BCUT2D eigenvalue weighted by Gasteiger charge is -2.15. The molecule has 98 valence electrons. The molecule has 4 nitrogen and oxygen atoms in total. The van der Waals surface area contributed by atoms with Crippen LogP contribution in [0.3, 0.4) is 0 Å². The minimum absolute atomic E-state index is 0.772. The fourth-order valence-electron chi connectivity index (χ4n) is 1.49. The SMILES string of the molecule is COCCNCCN(C)Cc1nc(C)c(C)s1. The van der Waals surface area contributed by atoms with Crippen molar-refractivity contribution in [2.45, 2.75) is 20.4 Å². The maximum absolute atomic E-state index is 4.98. The Hall–Kier alpha value is -0.490. The molecule has 0 radical (unpaired) electrons. The van der Waals surface area contributed by atoms with Crippen LogP contribution in [0, 0.1) is 13.8 Å². The number of aryl methyl sites for hydroxylation is 2. The van der Waals surface area contributed by atoms with E-state index >= 15 is 0 Å². The number of nitrogens with zero attached hydrogens (tertiary/aromatic N) is 2. The smallest absolute Gasteiger partial charge is 0.107 e. The standard InChI is InChI=1S/C12H23N3OS/c1-10-11(2)17-12(14-10)9-15(3)7-5-13-6-8-16-4/h13H,5-9H2,1-4H3. The van der Waals surface area contributed by atoms with Gasteiger partial charge < -0.3 is 10.1 Å². The monoisotopic (exact) mass is 257 g/mol. The van der Waals surface area contributed by atoms with Crippen molar-refractivity contribution in [3.8, 4) is 0 Å². The average molecular weight is 257 g/mol. The summed E-state index contributed by atoms with van der Waals surface area (Å²) in [6, 6.07) is 0. The second-order valence-corrected chi connectivity index (χ2v) is 5.52. The third-order valence-electron chi connectivity index (χ3n) is 2.63. The first-order chi connectivity index (χ1) is 8.13. The number of methoxy groups -OCH3 is 1. The van der Waals surface area contributed by atoms with Crippen molar-refractivity contribution in [3.63, 3.8) is 0 Å². The van der Waals surface area contributed by atoms with E-state index in [1.807, 2.05) is 0 Å². The average Bonchev–Trinajstić information content (AvgIpc) is 2.57. The van der Waals surface area contributed by atoms with E-state index in [9.17, 15) is 0 Å². The molecule has 1 aromatic rings. The number of hydrogen-bond acceptors (Lipinski definition) is 5. The summed E-state index contributed by atoms with van der Waals surface area (Å²) >= 11 is 1.80. The predicted octanol–water partition coefficient (Wildman–Crippen LogP) is 1.43. The number of ether oxygens (including phenoxy) is 1. The number of nitrogens with one attached hydrogen (secondary N) is 1. The largest absolute Gasteiger partial charge is 0.383 e. The van der Waals surface area contributed by atoms with E-state index in [1.165, 1.54) is 9.88 Å². The molecule has 0 spiro atoms. The molecule has 0 fully saturated rings. The van der Waals surface area contributed by atoms with Crippen LogP contribution in [0.1, 0.15) is 15.6 Å². The molecular weight excluding hydrogens is 234 g/mol. The molecular formula is C12H23N3OS. The zero-order valence-electron chi connectivity index (χ0n) is 11.2. The Morgan fingerprint density at radius 3 is 2.71 bits per heavy atom. The van der Waals surface area contributed by atoms with E-state index in [0.717, 1.165) is 38.5 Å². The van der Waals surface area contributed by atoms with Crippen LogP contribution in [-0.4, -0.2) is 50.3 Å². The minimum atomic E-state index is 0.772. The summed E-state index contributed by atoms with van der Waals surface area (Å²) in [5.74, 6) is 0. The van der Waals surface area contributed by atoms with Gasteiger partial charge in [0, 0.05) is 31.6 Å². The van der Waals surface area contributed by atoms with Gasteiger partial charge in [-0.2, -0.15) is 0 Å². The fraction of sp³-hybridized carbons (Fsp3) is 0.750.